The monoisotopic (exact) mass is 308 g/mol. The second kappa shape index (κ2) is 6.24. The number of urea groups is 1. The number of carbonyl (C=O) groups excluding carboxylic acids is 3. The van der Waals surface area contributed by atoms with E-state index in [2.05, 4.69) is 10.2 Å². The molecule has 3 rings (SSSR count). The maximum absolute atomic E-state index is 11.8. The van der Waals surface area contributed by atoms with E-state index in [4.69, 9.17) is 0 Å². The van der Waals surface area contributed by atoms with E-state index in [9.17, 15) is 14.4 Å². The maximum atomic E-state index is 11.8. The third kappa shape index (κ3) is 2.82. The molecule has 0 aliphatic carbocycles. The Morgan fingerprint density at radius 3 is 2.55 bits per heavy atom. The Labute approximate surface area is 130 Å². The van der Waals surface area contributed by atoms with Gasteiger partial charge in [0.25, 0.3) is 0 Å². The highest BCUT2D eigenvalue weighted by Crippen LogP contribution is 2.29. The Bertz CT molecular complexity index is 465. The van der Waals surface area contributed by atoms with E-state index in [1.807, 2.05) is 4.90 Å². The molecule has 2 atom stereocenters. The molecule has 0 spiro atoms. The fraction of sp³-hybridized carbons (Fsp3) is 0.800. The molecule has 122 valence electrons. The number of likely N-dealkylation sites (tertiary alicyclic amines) is 2. The number of imide groups is 1. The molecule has 0 unspecified atom stereocenters. The Kier molecular flexibility index (Phi) is 4.33. The van der Waals surface area contributed by atoms with Crippen molar-refractivity contribution < 1.29 is 14.4 Å². The highest BCUT2D eigenvalue weighted by molar-refractivity contribution is 6.01. The molecule has 0 aromatic rings. The van der Waals surface area contributed by atoms with Crippen molar-refractivity contribution in [2.75, 3.05) is 32.7 Å². The molecule has 22 heavy (non-hydrogen) atoms. The topological polar surface area (TPSA) is 73.0 Å². The largest absolute Gasteiger partial charge is 0.338 e. The zero-order valence-corrected chi connectivity index (χ0v) is 13.1. The second-order valence-corrected chi connectivity index (χ2v) is 6.37. The zero-order valence-electron chi connectivity index (χ0n) is 13.1. The molecule has 0 saturated carbocycles. The van der Waals surface area contributed by atoms with Gasteiger partial charge in [0, 0.05) is 38.6 Å². The van der Waals surface area contributed by atoms with E-state index in [1.54, 1.807) is 6.92 Å². The molecule has 0 radical (unpaired) electrons. The summed E-state index contributed by atoms with van der Waals surface area (Å²) in [5.74, 6) is 0.00965. The fourth-order valence-corrected chi connectivity index (χ4v) is 4.06. The van der Waals surface area contributed by atoms with E-state index in [0.717, 1.165) is 38.8 Å². The average Bonchev–Trinajstić information content (AvgIpc) is 3.17. The molecular formula is C15H24N4O3. The van der Waals surface area contributed by atoms with E-state index in [0.29, 0.717) is 25.2 Å². The third-order valence-corrected chi connectivity index (χ3v) is 5.11. The summed E-state index contributed by atoms with van der Waals surface area (Å²) in [5, 5.41) is 2.55. The molecule has 1 N–H and O–H groups in total. The lowest BCUT2D eigenvalue weighted by atomic mass is 10.0. The number of rotatable bonds is 4. The Morgan fingerprint density at radius 1 is 1.14 bits per heavy atom. The number of hydrogen-bond donors (Lipinski definition) is 1. The van der Waals surface area contributed by atoms with E-state index < -0.39 is 0 Å². The molecule has 4 amide bonds. The van der Waals surface area contributed by atoms with E-state index in [-0.39, 0.29) is 24.4 Å². The van der Waals surface area contributed by atoms with Crippen molar-refractivity contribution in [1.29, 1.82) is 0 Å². The first-order valence-corrected chi connectivity index (χ1v) is 8.17. The minimum Gasteiger partial charge on any atom is -0.338 e. The van der Waals surface area contributed by atoms with Gasteiger partial charge in [-0.2, -0.15) is 0 Å². The lowest BCUT2D eigenvalue weighted by molar-refractivity contribution is -0.130. The lowest BCUT2D eigenvalue weighted by Crippen LogP contribution is -2.49. The van der Waals surface area contributed by atoms with Crippen molar-refractivity contribution in [3.8, 4) is 0 Å². The Hall–Kier alpha value is -1.63. The van der Waals surface area contributed by atoms with Crippen molar-refractivity contribution in [3.63, 3.8) is 0 Å². The summed E-state index contributed by atoms with van der Waals surface area (Å²) < 4.78 is 0. The number of hydrogen-bond acceptors (Lipinski definition) is 4. The first kappa shape index (κ1) is 15.3. The van der Waals surface area contributed by atoms with Crippen LogP contribution in [0.4, 0.5) is 4.79 Å². The smallest absolute Gasteiger partial charge is 0.324 e. The van der Waals surface area contributed by atoms with Crippen molar-refractivity contribution in [2.45, 2.75) is 44.7 Å². The van der Waals surface area contributed by atoms with Gasteiger partial charge in [-0.3, -0.25) is 19.4 Å². The van der Waals surface area contributed by atoms with Crippen LogP contribution in [0.1, 0.15) is 32.6 Å². The van der Waals surface area contributed by atoms with Crippen molar-refractivity contribution >= 4 is 17.8 Å². The van der Waals surface area contributed by atoms with Crippen LogP contribution >= 0.6 is 0 Å². The van der Waals surface area contributed by atoms with Gasteiger partial charge < -0.3 is 10.2 Å². The van der Waals surface area contributed by atoms with Crippen molar-refractivity contribution in [1.82, 2.24) is 20.0 Å². The van der Waals surface area contributed by atoms with E-state index in [1.165, 1.54) is 4.90 Å². The van der Waals surface area contributed by atoms with Gasteiger partial charge >= 0.3 is 6.03 Å². The Balaban J connectivity index is 1.60. The van der Waals surface area contributed by atoms with Crippen LogP contribution in [0.25, 0.3) is 0 Å². The van der Waals surface area contributed by atoms with Crippen LogP contribution in [-0.2, 0) is 9.59 Å². The van der Waals surface area contributed by atoms with Gasteiger partial charge in [-0.25, -0.2) is 4.79 Å². The molecule has 0 aromatic carbocycles. The SMILES string of the molecule is CC(=O)N1CCC[C@H]1[C@H]1CCCN1CCN1C(=O)CNC1=O. The van der Waals surface area contributed by atoms with Crippen molar-refractivity contribution in [2.24, 2.45) is 0 Å². The van der Waals surface area contributed by atoms with Gasteiger partial charge in [0.05, 0.1) is 6.54 Å². The summed E-state index contributed by atoms with van der Waals surface area (Å²) in [6.07, 6.45) is 4.34. The van der Waals surface area contributed by atoms with Gasteiger partial charge in [0.15, 0.2) is 0 Å². The fourth-order valence-electron chi connectivity index (χ4n) is 4.06. The van der Waals surface area contributed by atoms with Gasteiger partial charge in [0.2, 0.25) is 11.8 Å². The number of amides is 4. The van der Waals surface area contributed by atoms with Crippen LogP contribution in [0, 0.1) is 0 Å². The summed E-state index contributed by atoms with van der Waals surface area (Å²) >= 11 is 0. The molecule has 7 nitrogen and oxygen atoms in total. The number of nitrogens with zero attached hydrogens (tertiary/aromatic N) is 3. The van der Waals surface area contributed by atoms with Crippen LogP contribution in [0.15, 0.2) is 0 Å². The van der Waals surface area contributed by atoms with Crippen molar-refractivity contribution in [3.05, 3.63) is 0 Å². The molecular weight excluding hydrogens is 284 g/mol. The molecule has 0 aromatic heterocycles. The summed E-state index contributed by atoms with van der Waals surface area (Å²) in [7, 11) is 0. The normalized spacial score (nSPS) is 29.5. The minimum absolute atomic E-state index is 0.114. The van der Waals surface area contributed by atoms with Crippen LogP contribution in [0.5, 0.6) is 0 Å². The standard InChI is InChI=1S/C15H24N4O3/c1-11(20)18-7-3-5-13(18)12-4-2-6-17(12)8-9-19-14(21)10-16-15(19)22/h12-13H,2-10H2,1H3,(H,16,22)/t12-,13+/m1/s1. The van der Waals surface area contributed by atoms with E-state index >= 15 is 0 Å². The average molecular weight is 308 g/mol. The van der Waals surface area contributed by atoms with Gasteiger partial charge in [-0.1, -0.05) is 0 Å². The molecule has 3 aliphatic heterocycles. The van der Waals surface area contributed by atoms with Gasteiger partial charge in [0.1, 0.15) is 0 Å². The first-order chi connectivity index (χ1) is 10.6. The molecule has 3 aliphatic rings. The molecule has 7 heteroatoms. The second-order valence-electron chi connectivity index (χ2n) is 6.37. The number of carbonyl (C=O) groups is 3. The summed E-state index contributed by atoms with van der Waals surface area (Å²) in [5.41, 5.74) is 0. The molecule has 0 bridgehead atoms. The predicted octanol–water partition coefficient (Wildman–Crippen LogP) is 0.0135. The van der Waals surface area contributed by atoms with Gasteiger partial charge in [-0.05, 0) is 32.2 Å². The molecule has 3 heterocycles. The van der Waals surface area contributed by atoms with Crippen LogP contribution < -0.4 is 5.32 Å². The number of nitrogens with one attached hydrogen (secondary N) is 1. The summed E-state index contributed by atoms with van der Waals surface area (Å²) in [6, 6.07) is 0.377. The first-order valence-electron chi connectivity index (χ1n) is 8.17. The summed E-state index contributed by atoms with van der Waals surface area (Å²) in [4.78, 5) is 40.7. The highest BCUT2D eigenvalue weighted by Gasteiger charge is 2.39. The lowest BCUT2D eigenvalue weighted by Gasteiger charge is -2.35. The van der Waals surface area contributed by atoms with Crippen LogP contribution in [-0.4, -0.2) is 77.4 Å². The van der Waals surface area contributed by atoms with Crippen LogP contribution in [0.2, 0.25) is 0 Å². The highest BCUT2D eigenvalue weighted by atomic mass is 16.2. The zero-order chi connectivity index (χ0) is 15.7. The summed E-state index contributed by atoms with van der Waals surface area (Å²) in [6.45, 7) is 4.74. The van der Waals surface area contributed by atoms with Crippen LogP contribution in [0.3, 0.4) is 0 Å². The molecule has 3 fully saturated rings. The van der Waals surface area contributed by atoms with Gasteiger partial charge in [-0.15, -0.1) is 0 Å². The Morgan fingerprint density at radius 2 is 1.86 bits per heavy atom. The quantitative estimate of drug-likeness (QED) is 0.743. The maximum Gasteiger partial charge on any atom is 0.324 e. The molecule has 3 saturated heterocycles. The minimum atomic E-state index is -0.285. The third-order valence-electron chi connectivity index (χ3n) is 5.11. The predicted molar refractivity (Wildman–Crippen MR) is 80.1 cm³/mol.